The zero-order valence-electron chi connectivity index (χ0n) is 13.0. The van der Waals surface area contributed by atoms with Crippen molar-refractivity contribution in [3.8, 4) is 0 Å². The second kappa shape index (κ2) is 6.08. The summed E-state index contributed by atoms with van der Waals surface area (Å²) in [5.41, 5.74) is 1.04. The van der Waals surface area contributed by atoms with Crippen molar-refractivity contribution in [3.05, 3.63) is 35.9 Å². The van der Waals surface area contributed by atoms with Gasteiger partial charge in [0.1, 0.15) is 11.9 Å². The smallest absolute Gasteiger partial charge is 0.407 e. The molecule has 1 unspecified atom stereocenters. The van der Waals surface area contributed by atoms with E-state index in [-0.39, 0.29) is 30.0 Å². The summed E-state index contributed by atoms with van der Waals surface area (Å²) in [5, 5.41) is 2.86. The van der Waals surface area contributed by atoms with Crippen LogP contribution in [0.4, 0.5) is 4.79 Å². The fourth-order valence-corrected chi connectivity index (χ4v) is 3.51. The van der Waals surface area contributed by atoms with Crippen molar-refractivity contribution < 1.29 is 14.3 Å². The summed E-state index contributed by atoms with van der Waals surface area (Å²) in [4.78, 5) is 26.0. The van der Waals surface area contributed by atoms with Gasteiger partial charge >= 0.3 is 6.09 Å². The van der Waals surface area contributed by atoms with Gasteiger partial charge in [-0.3, -0.25) is 9.69 Å². The van der Waals surface area contributed by atoms with Crippen molar-refractivity contribution in [1.82, 2.24) is 10.2 Å². The fraction of sp³-hybridized carbons (Fsp3) is 0.529. The Morgan fingerprint density at radius 3 is 2.77 bits per heavy atom. The number of rotatable bonds is 3. The molecule has 0 spiro atoms. The Bertz CT molecular complexity index is 560. The zero-order chi connectivity index (χ0) is 15.7. The molecule has 2 saturated heterocycles. The number of alkyl carbamates (subject to hydrolysis) is 1. The second-order valence-corrected chi connectivity index (χ2v) is 6.29. The largest absolute Gasteiger partial charge is 0.444 e. The Hall–Kier alpha value is -1.88. The van der Waals surface area contributed by atoms with E-state index in [4.69, 9.17) is 4.74 Å². The highest BCUT2D eigenvalue weighted by atomic mass is 16.6. The first-order valence-corrected chi connectivity index (χ1v) is 7.80. The average molecular weight is 302 g/mol. The van der Waals surface area contributed by atoms with Crippen molar-refractivity contribution in [2.45, 2.75) is 50.4 Å². The van der Waals surface area contributed by atoms with Gasteiger partial charge in [0.2, 0.25) is 0 Å². The predicted octanol–water partition coefficient (Wildman–Crippen LogP) is 2.28. The zero-order valence-corrected chi connectivity index (χ0v) is 13.0. The number of fused-ring (bicyclic) bond motifs is 2. The molecule has 1 N–H and O–H groups in total. The number of hydrogen-bond acceptors (Lipinski definition) is 4. The molecule has 2 bridgehead atoms. The summed E-state index contributed by atoms with van der Waals surface area (Å²) in [6, 6.07) is 9.92. The molecule has 5 heteroatoms. The van der Waals surface area contributed by atoms with Crippen LogP contribution < -0.4 is 5.32 Å². The number of likely N-dealkylation sites (N-methyl/N-ethyl adjacent to an activating group) is 1. The van der Waals surface area contributed by atoms with Crippen LogP contribution in [-0.4, -0.2) is 42.0 Å². The van der Waals surface area contributed by atoms with Gasteiger partial charge in [-0.25, -0.2) is 4.79 Å². The standard InChI is InChI=1S/C17H22N2O3/c1-11(12-6-4-3-5-7-12)18-17(21)22-16-9-13-8-14(20)10-15(16)19(13)2/h3-7,11,13,15-16H,8-10H2,1-2H3,(H,18,21)/t11?,13-,15-,16-/m0/s1. The number of nitrogens with zero attached hydrogens (tertiary/aromatic N) is 1. The van der Waals surface area contributed by atoms with E-state index in [1.807, 2.05) is 44.3 Å². The van der Waals surface area contributed by atoms with Gasteiger partial charge in [-0.15, -0.1) is 0 Å². The monoisotopic (exact) mass is 302 g/mol. The number of hydrogen-bond donors (Lipinski definition) is 1. The van der Waals surface area contributed by atoms with E-state index in [2.05, 4.69) is 10.2 Å². The van der Waals surface area contributed by atoms with Crippen LogP contribution in [0.25, 0.3) is 0 Å². The van der Waals surface area contributed by atoms with E-state index in [9.17, 15) is 9.59 Å². The third-order valence-electron chi connectivity index (χ3n) is 4.83. The van der Waals surface area contributed by atoms with E-state index < -0.39 is 6.09 Å². The maximum absolute atomic E-state index is 12.1. The third kappa shape index (κ3) is 2.99. The topological polar surface area (TPSA) is 58.6 Å². The van der Waals surface area contributed by atoms with Gasteiger partial charge in [-0.2, -0.15) is 0 Å². The van der Waals surface area contributed by atoms with Crippen molar-refractivity contribution in [2.75, 3.05) is 7.05 Å². The van der Waals surface area contributed by atoms with Gasteiger partial charge in [0, 0.05) is 25.3 Å². The van der Waals surface area contributed by atoms with Gasteiger partial charge in [-0.1, -0.05) is 30.3 Å². The minimum Gasteiger partial charge on any atom is -0.444 e. The highest BCUT2D eigenvalue weighted by Crippen LogP contribution is 2.34. The molecule has 0 radical (unpaired) electrons. The molecule has 2 fully saturated rings. The number of piperidine rings is 1. The number of carbonyl (C=O) groups excluding carboxylic acids is 2. The Morgan fingerprint density at radius 1 is 1.32 bits per heavy atom. The van der Waals surface area contributed by atoms with Crippen LogP contribution in [0.2, 0.25) is 0 Å². The summed E-state index contributed by atoms with van der Waals surface area (Å²) >= 11 is 0. The SMILES string of the molecule is CC(NC(=O)O[C@H]1C[C@@H]2CC(=O)C[C@@H]1N2C)c1ccccc1. The van der Waals surface area contributed by atoms with Crippen molar-refractivity contribution in [2.24, 2.45) is 0 Å². The Labute approximate surface area is 130 Å². The Kier molecular flexibility index (Phi) is 4.16. The Morgan fingerprint density at radius 2 is 2.05 bits per heavy atom. The summed E-state index contributed by atoms with van der Waals surface area (Å²) in [7, 11) is 2.01. The molecule has 0 aromatic heterocycles. The summed E-state index contributed by atoms with van der Waals surface area (Å²) in [6.45, 7) is 1.93. The van der Waals surface area contributed by atoms with Crippen LogP contribution >= 0.6 is 0 Å². The maximum Gasteiger partial charge on any atom is 0.407 e. The van der Waals surface area contributed by atoms with Crippen LogP contribution in [0, 0.1) is 0 Å². The van der Waals surface area contributed by atoms with Crippen LogP contribution in [0.15, 0.2) is 30.3 Å². The van der Waals surface area contributed by atoms with Crippen LogP contribution in [0.3, 0.4) is 0 Å². The lowest BCUT2D eigenvalue weighted by atomic mass is 10.0. The molecule has 4 atom stereocenters. The normalized spacial score (nSPS) is 29.2. The molecule has 5 nitrogen and oxygen atoms in total. The molecule has 2 aliphatic heterocycles. The molecule has 0 aliphatic carbocycles. The minimum absolute atomic E-state index is 0.0315. The van der Waals surface area contributed by atoms with Crippen molar-refractivity contribution in [1.29, 1.82) is 0 Å². The molecule has 1 aromatic rings. The van der Waals surface area contributed by atoms with Gasteiger partial charge in [-0.05, 0) is 19.5 Å². The first kappa shape index (κ1) is 15.0. The molecule has 118 valence electrons. The van der Waals surface area contributed by atoms with Crippen LogP contribution in [0.5, 0.6) is 0 Å². The fourth-order valence-electron chi connectivity index (χ4n) is 3.51. The number of carbonyl (C=O) groups is 2. The molecule has 1 aromatic carbocycles. The predicted molar refractivity (Wildman–Crippen MR) is 82.5 cm³/mol. The van der Waals surface area contributed by atoms with E-state index in [1.165, 1.54) is 0 Å². The first-order valence-electron chi connectivity index (χ1n) is 7.80. The number of nitrogens with one attached hydrogen (secondary N) is 1. The lowest BCUT2D eigenvalue weighted by Crippen LogP contribution is -2.44. The summed E-state index contributed by atoms with van der Waals surface area (Å²) in [5.74, 6) is 0.275. The number of benzene rings is 1. The van der Waals surface area contributed by atoms with E-state index in [0.29, 0.717) is 12.8 Å². The maximum atomic E-state index is 12.1. The van der Waals surface area contributed by atoms with Gasteiger partial charge in [0.15, 0.2) is 0 Å². The average Bonchev–Trinajstić information content (AvgIpc) is 2.68. The third-order valence-corrected chi connectivity index (χ3v) is 4.83. The Balaban J connectivity index is 1.57. The van der Waals surface area contributed by atoms with E-state index in [1.54, 1.807) is 0 Å². The van der Waals surface area contributed by atoms with E-state index in [0.717, 1.165) is 12.0 Å². The lowest BCUT2D eigenvalue weighted by Gasteiger charge is -2.30. The summed E-state index contributed by atoms with van der Waals surface area (Å²) < 4.78 is 5.59. The van der Waals surface area contributed by atoms with Crippen LogP contribution in [-0.2, 0) is 9.53 Å². The number of ketones is 1. The highest BCUT2D eigenvalue weighted by Gasteiger charge is 2.46. The molecule has 2 aliphatic rings. The number of Topliss-reactive ketones (excluding diaryl/α,β-unsaturated/α-hetero) is 1. The molecule has 1 amide bonds. The molecule has 3 rings (SSSR count). The molecular weight excluding hydrogens is 280 g/mol. The van der Waals surface area contributed by atoms with E-state index >= 15 is 0 Å². The van der Waals surface area contributed by atoms with Crippen LogP contribution in [0.1, 0.15) is 37.8 Å². The quantitative estimate of drug-likeness (QED) is 0.930. The number of ether oxygens (including phenoxy) is 1. The second-order valence-electron chi connectivity index (χ2n) is 6.29. The highest BCUT2D eigenvalue weighted by molar-refractivity contribution is 5.81. The molecule has 22 heavy (non-hydrogen) atoms. The number of amides is 1. The minimum atomic E-state index is -0.408. The molecule has 0 saturated carbocycles. The molecule has 2 heterocycles. The van der Waals surface area contributed by atoms with Crippen molar-refractivity contribution in [3.63, 3.8) is 0 Å². The summed E-state index contributed by atoms with van der Waals surface area (Å²) in [6.07, 6.45) is 1.22. The van der Waals surface area contributed by atoms with Gasteiger partial charge < -0.3 is 10.1 Å². The lowest BCUT2D eigenvalue weighted by molar-refractivity contribution is -0.123. The van der Waals surface area contributed by atoms with Gasteiger partial charge in [0.05, 0.1) is 12.1 Å². The van der Waals surface area contributed by atoms with Gasteiger partial charge in [0.25, 0.3) is 0 Å². The first-order chi connectivity index (χ1) is 10.5. The molecular formula is C17H22N2O3. The van der Waals surface area contributed by atoms with Crippen molar-refractivity contribution >= 4 is 11.9 Å².